The van der Waals surface area contributed by atoms with Gasteiger partial charge in [0.05, 0.1) is 18.6 Å². The van der Waals surface area contributed by atoms with Gasteiger partial charge in [0, 0.05) is 5.02 Å². The van der Waals surface area contributed by atoms with Crippen molar-refractivity contribution in [1.29, 1.82) is 0 Å². The van der Waals surface area contributed by atoms with E-state index in [0.29, 0.717) is 10.6 Å². The molecule has 4 aromatic carbocycles. The largest absolute Gasteiger partial charge is 0.493 e. The summed E-state index contributed by atoms with van der Waals surface area (Å²) >= 11 is 6.68. The summed E-state index contributed by atoms with van der Waals surface area (Å²) in [5.74, 6) is -0.310. The highest BCUT2D eigenvalue weighted by atomic mass is 35.5. The molecule has 0 unspecified atom stereocenters. The first kappa shape index (κ1) is 25.8. The number of methoxy groups -OCH3 is 1. The maximum atomic E-state index is 13.2. The Hall–Kier alpha value is -3.79. The van der Waals surface area contributed by atoms with E-state index in [-0.39, 0.29) is 33.1 Å². The van der Waals surface area contributed by atoms with E-state index in [2.05, 4.69) is 0 Å². The van der Waals surface area contributed by atoms with Crippen molar-refractivity contribution in [1.82, 2.24) is 4.90 Å². The molecule has 0 bridgehead atoms. The molecule has 0 aromatic heterocycles. The Morgan fingerprint density at radius 3 is 2.42 bits per heavy atom. The van der Waals surface area contributed by atoms with Crippen molar-refractivity contribution in [2.45, 2.75) is 11.4 Å². The molecule has 0 atom stereocenters. The smallest absolute Gasteiger partial charge is 0.339 e. The van der Waals surface area contributed by atoms with Gasteiger partial charge < -0.3 is 8.92 Å². The molecular formula is C28H20ClNO6S2. The maximum Gasteiger partial charge on any atom is 0.339 e. The number of hydrogen-bond donors (Lipinski definition) is 0. The summed E-state index contributed by atoms with van der Waals surface area (Å²) < 4.78 is 36.2. The summed E-state index contributed by atoms with van der Waals surface area (Å²) in [5.41, 5.74) is 1.32. The monoisotopic (exact) mass is 565 g/mol. The van der Waals surface area contributed by atoms with Crippen molar-refractivity contribution >= 4 is 61.5 Å². The lowest BCUT2D eigenvalue weighted by Crippen LogP contribution is -2.27. The van der Waals surface area contributed by atoms with Crippen LogP contribution in [0.1, 0.15) is 11.1 Å². The van der Waals surface area contributed by atoms with Crippen LogP contribution in [0.2, 0.25) is 5.02 Å². The molecule has 0 spiro atoms. The summed E-state index contributed by atoms with van der Waals surface area (Å²) in [5, 5.41) is 1.99. The van der Waals surface area contributed by atoms with Crippen LogP contribution in [0.5, 0.6) is 11.5 Å². The van der Waals surface area contributed by atoms with Crippen LogP contribution in [0.25, 0.3) is 16.8 Å². The number of imide groups is 1. The van der Waals surface area contributed by atoms with Crippen LogP contribution in [0.4, 0.5) is 4.79 Å². The van der Waals surface area contributed by atoms with Crippen molar-refractivity contribution in [3.63, 3.8) is 0 Å². The van der Waals surface area contributed by atoms with Crippen LogP contribution in [0.3, 0.4) is 0 Å². The summed E-state index contributed by atoms with van der Waals surface area (Å²) in [7, 11) is -2.80. The van der Waals surface area contributed by atoms with Crippen LogP contribution in [-0.2, 0) is 21.5 Å². The van der Waals surface area contributed by atoms with Crippen LogP contribution in [-0.4, -0.2) is 31.6 Å². The zero-order valence-electron chi connectivity index (χ0n) is 20.0. The number of ether oxygens (including phenoxy) is 1. The summed E-state index contributed by atoms with van der Waals surface area (Å²) in [6.07, 6.45) is 1.52. The molecule has 0 saturated carbocycles. The molecule has 2 amide bonds. The maximum absolute atomic E-state index is 13.2. The fourth-order valence-electron chi connectivity index (χ4n) is 4.00. The molecule has 4 aromatic rings. The number of benzene rings is 4. The Labute approximate surface area is 228 Å². The minimum absolute atomic E-state index is 0.0637. The number of nitrogens with zero attached hydrogens (tertiary/aromatic N) is 1. The van der Waals surface area contributed by atoms with E-state index in [9.17, 15) is 18.0 Å². The standard InChI is InChI=1S/C28H20ClNO6S2/c1-35-24-14-9-18(15-25(24)36-38(33,34)22-12-10-21(29)11-13-22)16-26-27(31)30(28(32)37-26)17-20-7-4-6-19-5-2-3-8-23(19)20/h2-16H,17H2,1H3/b26-16-. The fraction of sp³-hybridized carbons (Fsp3) is 0.0714. The van der Waals surface area contributed by atoms with Gasteiger partial charge in [0.1, 0.15) is 4.90 Å². The molecule has 1 saturated heterocycles. The number of amides is 2. The van der Waals surface area contributed by atoms with Crippen molar-refractivity contribution in [2.24, 2.45) is 0 Å². The number of halogens is 1. The lowest BCUT2D eigenvalue weighted by atomic mass is 10.0. The van der Waals surface area contributed by atoms with Gasteiger partial charge in [0.2, 0.25) is 0 Å². The van der Waals surface area contributed by atoms with E-state index in [1.165, 1.54) is 54.5 Å². The van der Waals surface area contributed by atoms with Crippen molar-refractivity contribution in [3.05, 3.63) is 106 Å². The fourth-order valence-corrected chi connectivity index (χ4v) is 5.90. The predicted molar refractivity (Wildman–Crippen MR) is 148 cm³/mol. The molecule has 1 aliphatic heterocycles. The van der Waals surface area contributed by atoms with Crippen molar-refractivity contribution < 1.29 is 26.9 Å². The van der Waals surface area contributed by atoms with Gasteiger partial charge in [-0.1, -0.05) is 60.1 Å². The van der Waals surface area contributed by atoms with E-state index in [1.807, 2.05) is 42.5 Å². The highest BCUT2D eigenvalue weighted by molar-refractivity contribution is 8.18. The molecule has 7 nitrogen and oxygen atoms in total. The molecule has 1 heterocycles. The first-order valence-corrected chi connectivity index (χ1v) is 14.0. The number of rotatable bonds is 7. The first-order chi connectivity index (χ1) is 18.2. The number of hydrogen-bond acceptors (Lipinski definition) is 7. The summed E-state index contributed by atoms with van der Waals surface area (Å²) in [6, 6.07) is 23.7. The van der Waals surface area contributed by atoms with Gasteiger partial charge in [-0.25, -0.2) is 0 Å². The van der Waals surface area contributed by atoms with Crippen molar-refractivity contribution in [2.75, 3.05) is 7.11 Å². The lowest BCUT2D eigenvalue weighted by Gasteiger charge is -2.14. The second-order valence-corrected chi connectivity index (χ2v) is 11.3. The second kappa shape index (κ2) is 10.5. The molecule has 5 rings (SSSR count). The second-order valence-electron chi connectivity index (χ2n) is 8.31. The minimum Gasteiger partial charge on any atom is -0.493 e. The molecule has 0 aliphatic carbocycles. The Kier molecular flexibility index (Phi) is 7.16. The van der Waals surface area contributed by atoms with E-state index >= 15 is 0 Å². The third-order valence-electron chi connectivity index (χ3n) is 5.87. The van der Waals surface area contributed by atoms with Crippen LogP contribution in [0, 0.1) is 0 Å². The van der Waals surface area contributed by atoms with Crippen molar-refractivity contribution in [3.8, 4) is 11.5 Å². The normalized spacial score (nSPS) is 14.9. The molecule has 10 heteroatoms. The number of fused-ring (bicyclic) bond motifs is 1. The SMILES string of the molecule is COc1ccc(/C=C2\SC(=O)N(Cc3cccc4ccccc34)C2=O)cc1OS(=O)(=O)c1ccc(Cl)cc1. The van der Waals surface area contributed by atoms with Gasteiger partial charge in [0.25, 0.3) is 11.1 Å². The molecule has 1 fully saturated rings. The van der Waals surface area contributed by atoms with Gasteiger partial charge in [-0.3, -0.25) is 14.5 Å². The van der Waals surface area contributed by atoms with Gasteiger partial charge in [-0.2, -0.15) is 8.42 Å². The van der Waals surface area contributed by atoms with E-state index in [1.54, 1.807) is 6.07 Å². The number of carbonyl (C=O) groups excluding carboxylic acids is 2. The first-order valence-electron chi connectivity index (χ1n) is 11.4. The number of carbonyl (C=O) groups is 2. The highest BCUT2D eigenvalue weighted by Gasteiger charge is 2.35. The quantitative estimate of drug-likeness (QED) is 0.186. The van der Waals surface area contributed by atoms with Gasteiger partial charge in [-0.05, 0) is 76.1 Å². The average Bonchev–Trinajstić information content (AvgIpc) is 3.16. The Morgan fingerprint density at radius 2 is 1.66 bits per heavy atom. The molecule has 192 valence electrons. The third kappa shape index (κ3) is 5.26. The van der Waals surface area contributed by atoms with Gasteiger partial charge >= 0.3 is 10.1 Å². The topological polar surface area (TPSA) is 90.0 Å². The number of thioether (sulfide) groups is 1. The minimum atomic E-state index is -4.18. The van der Waals surface area contributed by atoms with Crippen LogP contribution >= 0.6 is 23.4 Å². The highest BCUT2D eigenvalue weighted by Crippen LogP contribution is 2.36. The molecule has 0 radical (unpaired) electrons. The van der Waals surface area contributed by atoms with E-state index in [0.717, 1.165) is 28.1 Å². The Bertz CT molecular complexity index is 1700. The zero-order valence-corrected chi connectivity index (χ0v) is 22.3. The Balaban J connectivity index is 1.41. The van der Waals surface area contributed by atoms with Crippen LogP contribution < -0.4 is 8.92 Å². The summed E-state index contributed by atoms with van der Waals surface area (Å²) in [6.45, 7) is 0.139. The summed E-state index contributed by atoms with van der Waals surface area (Å²) in [4.78, 5) is 27.3. The van der Waals surface area contributed by atoms with Crippen LogP contribution in [0.15, 0.2) is 94.7 Å². The molecule has 0 N–H and O–H groups in total. The van der Waals surface area contributed by atoms with E-state index < -0.39 is 16.0 Å². The molecular weight excluding hydrogens is 546 g/mol. The predicted octanol–water partition coefficient (Wildman–Crippen LogP) is 6.51. The lowest BCUT2D eigenvalue weighted by molar-refractivity contribution is -0.123. The Morgan fingerprint density at radius 1 is 0.921 bits per heavy atom. The average molecular weight is 566 g/mol. The molecule has 38 heavy (non-hydrogen) atoms. The van der Waals surface area contributed by atoms with Gasteiger partial charge in [0.15, 0.2) is 11.5 Å². The molecule has 1 aliphatic rings. The van der Waals surface area contributed by atoms with Gasteiger partial charge in [-0.15, -0.1) is 0 Å². The third-order valence-corrected chi connectivity index (χ3v) is 8.28. The van der Waals surface area contributed by atoms with E-state index in [4.69, 9.17) is 20.5 Å². The zero-order chi connectivity index (χ0) is 26.9.